The molecule has 8 nitrogen and oxygen atoms in total. The lowest BCUT2D eigenvalue weighted by Gasteiger charge is -2.31. The van der Waals surface area contributed by atoms with Gasteiger partial charge in [-0.05, 0) is 68.4 Å². The second-order valence-corrected chi connectivity index (χ2v) is 10.8. The quantitative estimate of drug-likeness (QED) is 0.337. The van der Waals surface area contributed by atoms with Crippen LogP contribution in [0.5, 0.6) is 17.2 Å². The Balaban J connectivity index is 1.34. The molecule has 1 amide bonds. The Morgan fingerprint density at radius 1 is 1.05 bits per heavy atom. The molecule has 9 heteroatoms. The maximum Gasteiger partial charge on any atom is 0.265 e. The zero-order valence-corrected chi connectivity index (χ0v) is 23.1. The van der Waals surface area contributed by atoms with Gasteiger partial charge in [-0.15, -0.1) is 0 Å². The third kappa shape index (κ3) is 3.89. The van der Waals surface area contributed by atoms with Crippen LogP contribution in [-0.4, -0.2) is 41.0 Å². The zero-order valence-electron chi connectivity index (χ0n) is 22.3. The predicted molar refractivity (Wildman–Crippen MR) is 152 cm³/mol. The van der Waals surface area contributed by atoms with E-state index in [1.165, 1.54) is 0 Å². The van der Waals surface area contributed by atoms with Crippen LogP contribution in [0.1, 0.15) is 39.5 Å². The Kier molecular flexibility index (Phi) is 5.81. The summed E-state index contributed by atoms with van der Waals surface area (Å²) in [5, 5.41) is 12.9. The van der Waals surface area contributed by atoms with E-state index in [0.29, 0.717) is 39.9 Å². The lowest BCUT2D eigenvalue weighted by atomic mass is 9.80. The number of hydrogen-bond donors (Lipinski definition) is 1. The van der Waals surface area contributed by atoms with Crippen LogP contribution in [0.3, 0.4) is 0 Å². The SMILES string of the molecule is CCN1C(=O)COc2ccc(C(=O)C3Oc4ccc(Cl)cc4C3(O)c3cnc4c(c3)COc3ccc(C)cc3-4)cc21. The molecule has 41 heavy (non-hydrogen) atoms. The smallest absolute Gasteiger partial charge is 0.265 e. The van der Waals surface area contributed by atoms with Gasteiger partial charge in [-0.25, -0.2) is 0 Å². The van der Waals surface area contributed by atoms with Crippen molar-refractivity contribution in [3.05, 3.63) is 99.7 Å². The molecular formula is C32H25ClN2O6. The van der Waals surface area contributed by atoms with Gasteiger partial charge in [-0.3, -0.25) is 14.6 Å². The van der Waals surface area contributed by atoms with Crippen molar-refractivity contribution in [3.63, 3.8) is 0 Å². The highest BCUT2D eigenvalue weighted by Gasteiger charge is 2.53. The van der Waals surface area contributed by atoms with Gasteiger partial charge in [-0.1, -0.05) is 23.2 Å². The van der Waals surface area contributed by atoms with Gasteiger partial charge < -0.3 is 24.2 Å². The number of fused-ring (bicyclic) bond motifs is 5. The van der Waals surface area contributed by atoms with E-state index in [2.05, 4.69) is 0 Å². The first-order valence-electron chi connectivity index (χ1n) is 13.3. The van der Waals surface area contributed by atoms with Gasteiger partial charge in [0.1, 0.15) is 23.9 Å². The fourth-order valence-corrected chi connectivity index (χ4v) is 6.01. The number of anilines is 1. The van der Waals surface area contributed by atoms with Gasteiger partial charge in [-0.2, -0.15) is 0 Å². The van der Waals surface area contributed by atoms with Crippen LogP contribution in [0, 0.1) is 6.92 Å². The molecule has 0 fully saturated rings. The number of carbonyl (C=O) groups excluding carboxylic acids is 2. The molecule has 1 N–H and O–H groups in total. The van der Waals surface area contributed by atoms with Crippen LogP contribution in [0.2, 0.25) is 5.02 Å². The van der Waals surface area contributed by atoms with Crippen molar-refractivity contribution >= 4 is 29.0 Å². The largest absolute Gasteiger partial charge is 0.488 e. The number of aryl methyl sites for hydroxylation is 1. The first-order chi connectivity index (χ1) is 19.8. The number of aliphatic hydroxyl groups is 1. The number of halogens is 1. The van der Waals surface area contributed by atoms with Crippen molar-refractivity contribution in [3.8, 4) is 28.5 Å². The van der Waals surface area contributed by atoms with E-state index in [1.54, 1.807) is 47.5 Å². The number of benzene rings is 3. The number of carbonyl (C=O) groups is 2. The topological polar surface area (TPSA) is 98.2 Å². The fourth-order valence-electron chi connectivity index (χ4n) is 5.84. The number of pyridine rings is 1. The number of rotatable bonds is 4. The number of Topliss-reactive ketones (excluding diaryl/α,β-unsaturated/α-hetero) is 1. The van der Waals surface area contributed by atoms with Gasteiger partial charge >= 0.3 is 0 Å². The molecule has 4 heterocycles. The second kappa shape index (κ2) is 9.33. The summed E-state index contributed by atoms with van der Waals surface area (Å²) in [6.07, 6.45) is 0.233. The third-order valence-corrected chi connectivity index (χ3v) is 8.13. The van der Waals surface area contributed by atoms with Crippen LogP contribution in [-0.2, 0) is 17.0 Å². The molecule has 0 spiro atoms. The van der Waals surface area contributed by atoms with E-state index in [9.17, 15) is 14.7 Å². The van der Waals surface area contributed by atoms with Crippen molar-refractivity contribution in [2.75, 3.05) is 18.1 Å². The van der Waals surface area contributed by atoms with Gasteiger partial charge in [0.15, 0.2) is 18.3 Å². The molecule has 0 radical (unpaired) electrons. The minimum Gasteiger partial charge on any atom is -0.488 e. The lowest BCUT2D eigenvalue weighted by Crippen LogP contribution is -2.45. The van der Waals surface area contributed by atoms with Crippen molar-refractivity contribution in [1.82, 2.24) is 4.98 Å². The number of aromatic nitrogens is 1. The highest BCUT2D eigenvalue weighted by Crippen LogP contribution is 2.49. The predicted octanol–water partition coefficient (Wildman–Crippen LogP) is 5.23. The number of likely N-dealkylation sites (N-methyl/N-ethyl adjacent to an activating group) is 1. The number of ketones is 1. The lowest BCUT2D eigenvalue weighted by molar-refractivity contribution is -0.121. The van der Waals surface area contributed by atoms with Crippen molar-refractivity contribution in [2.45, 2.75) is 32.2 Å². The molecule has 3 aromatic carbocycles. The maximum atomic E-state index is 14.1. The molecule has 7 rings (SSSR count). The average molecular weight is 569 g/mol. The first-order valence-corrected chi connectivity index (χ1v) is 13.7. The molecule has 2 unspecified atom stereocenters. The third-order valence-electron chi connectivity index (χ3n) is 7.90. The number of hydrogen-bond acceptors (Lipinski definition) is 7. The van der Waals surface area contributed by atoms with E-state index in [4.69, 9.17) is 30.8 Å². The zero-order chi connectivity index (χ0) is 28.5. The Morgan fingerprint density at radius 3 is 2.66 bits per heavy atom. The summed E-state index contributed by atoms with van der Waals surface area (Å²) in [4.78, 5) is 32.9. The Labute approximate surface area is 241 Å². The summed E-state index contributed by atoms with van der Waals surface area (Å²) in [6.45, 7) is 4.48. The van der Waals surface area contributed by atoms with Crippen LogP contribution in [0.15, 0.2) is 66.9 Å². The van der Waals surface area contributed by atoms with Gasteiger partial charge in [0, 0.05) is 45.6 Å². The molecule has 1 aromatic heterocycles. The molecule has 0 aliphatic carbocycles. The standard InChI is InChI=1S/C32H25ClN2O6/c1-3-35-24-12-18(5-8-27(24)40-16-28(35)36)30(37)31-32(38,23-13-21(33)6-9-26(23)41-31)20-11-19-15-39-25-7-4-17(2)10-22(25)29(19)34-14-20/h4-14,31,38H,3,15-16H2,1-2H3. The van der Waals surface area contributed by atoms with Gasteiger partial charge in [0.2, 0.25) is 5.78 Å². The van der Waals surface area contributed by atoms with Crippen molar-refractivity contribution in [2.24, 2.45) is 0 Å². The summed E-state index contributed by atoms with van der Waals surface area (Å²) in [7, 11) is 0. The van der Waals surface area contributed by atoms with Crippen molar-refractivity contribution in [1.29, 1.82) is 0 Å². The highest BCUT2D eigenvalue weighted by atomic mass is 35.5. The first kappa shape index (κ1) is 25.6. The minimum atomic E-state index is -1.90. The molecule has 4 aromatic rings. The Bertz CT molecular complexity index is 1770. The normalized spacial score (nSPS) is 20.1. The minimum absolute atomic E-state index is 0.0607. The Morgan fingerprint density at radius 2 is 1.83 bits per heavy atom. The van der Waals surface area contributed by atoms with Crippen LogP contribution < -0.4 is 19.1 Å². The van der Waals surface area contributed by atoms with E-state index < -0.39 is 17.5 Å². The summed E-state index contributed by atoms with van der Waals surface area (Å²) < 4.78 is 17.7. The second-order valence-electron chi connectivity index (χ2n) is 10.4. The number of amides is 1. The Hall–Kier alpha value is -4.40. The van der Waals surface area contributed by atoms with Gasteiger partial charge in [0.25, 0.3) is 5.91 Å². The molecular weight excluding hydrogens is 544 g/mol. The molecule has 0 saturated carbocycles. The molecule has 3 aliphatic heterocycles. The van der Waals surface area contributed by atoms with E-state index in [0.717, 1.165) is 28.1 Å². The van der Waals surface area contributed by atoms with Crippen molar-refractivity contribution < 1.29 is 28.9 Å². The van der Waals surface area contributed by atoms with E-state index >= 15 is 0 Å². The summed E-state index contributed by atoms with van der Waals surface area (Å²) >= 11 is 6.36. The van der Waals surface area contributed by atoms with Crippen LogP contribution >= 0.6 is 11.6 Å². The molecule has 0 saturated heterocycles. The summed E-state index contributed by atoms with van der Waals surface area (Å²) in [5.74, 6) is 0.936. The average Bonchev–Trinajstić information content (AvgIpc) is 3.28. The van der Waals surface area contributed by atoms with Crippen LogP contribution in [0.25, 0.3) is 11.3 Å². The fraction of sp³-hybridized carbons (Fsp3) is 0.219. The number of ether oxygens (including phenoxy) is 3. The molecule has 3 aliphatic rings. The van der Waals surface area contributed by atoms with Crippen LogP contribution in [0.4, 0.5) is 5.69 Å². The highest BCUT2D eigenvalue weighted by molar-refractivity contribution is 6.30. The summed E-state index contributed by atoms with van der Waals surface area (Å²) in [6, 6.07) is 17.5. The van der Waals surface area contributed by atoms with E-state index in [-0.39, 0.29) is 24.7 Å². The maximum absolute atomic E-state index is 14.1. The molecule has 206 valence electrons. The molecule has 0 bridgehead atoms. The molecule has 2 atom stereocenters. The monoisotopic (exact) mass is 568 g/mol. The van der Waals surface area contributed by atoms with Gasteiger partial charge in [0.05, 0.1) is 11.4 Å². The summed E-state index contributed by atoms with van der Waals surface area (Å²) in [5.41, 5.74) is 3.08. The van der Waals surface area contributed by atoms with E-state index in [1.807, 2.05) is 38.1 Å². The number of nitrogens with zero attached hydrogens (tertiary/aromatic N) is 2.